The largest absolute Gasteiger partial charge is 0.374 e. The lowest BCUT2D eigenvalue weighted by Crippen LogP contribution is -2.43. The number of anilines is 1. The third kappa shape index (κ3) is 2.46. The summed E-state index contributed by atoms with van der Waals surface area (Å²) in [6.45, 7) is 3.63. The molecular weight excluding hydrogens is 180 g/mol. The molecule has 1 atom stereocenters. The topological polar surface area (TPSA) is 53.2 Å². The summed E-state index contributed by atoms with van der Waals surface area (Å²) in [6.07, 6.45) is 3.80. The molecule has 1 saturated heterocycles. The Hall–Kier alpha value is -1.07. The van der Waals surface area contributed by atoms with E-state index in [0.717, 1.165) is 32.2 Å². The highest BCUT2D eigenvalue weighted by atomic mass is 16.5. The number of H-pyrrole nitrogens is 1. The summed E-state index contributed by atoms with van der Waals surface area (Å²) in [5.41, 5.74) is 0. The number of likely N-dealkylation sites (N-methyl/N-ethyl adjacent to an activating group) is 1. The fourth-order valence-electron chi connectivity index (χ4n) is 1.56. The Morgan fingerprint density at radius 1 is 1.79 bits per heavy atom. The zero-order valence-corrected chi connectivity index (χ0v) is 8.36. The van der Waals surface area contributed by atoms with Crippen LogP contribution in [0, 0.1) is 0 Å². The van der Waals surface area contributed by atoms with Gasteiger partial charge >= 0.3 is 0 Å². The number of morpholine rings is 1. The highest BCUT2D eigenvalue weighted by Gasteiger charge is 2.17. The molecule has 1 aromatic rings. The highest BCUT2D eigenvalue weighted by molar-refractivity contribution is 5.22. The van der Waals surface area contributed by atoms with E-state index < -0.39 is 0 Å². The van der Waals surface area contributed by atoms with Gasteiger partial charge in [0.25, 0.3) is 0 Å². The predicted octanol–water partition coefficient (Wildman–Crippen LogP) is 0.152. The number of nitrogens with one attached hydrogen (secondary N) is 2. The van der Waals surface area contributed by atoms with Crippen LogP contribution in [-0.4, -0.2) is 54.3 Å². The van der Waals surface area contributed by atoms with Crippen molar-refractivity contribution in [2.75, 3.05) is 38.6 Å². The van der Waals surface area contributed by atoms with Gasteiger partial charge in [0.05, 0.1) is 12.7 Å². The van der Waals surface area contributed by atoms with Crippen molar-refractivity contribution in [1.82, 2.24) is 14.9 Å². The van der Waals surface area contributed by atoms with Crippen molar-refractivity contribution in [3.05, 3.63) is 12.4 Å². The molecule has 1 aliphatic rings. The minimum Gasteiger partial charge on any atom is -0.374 e. The van der Waals surface area contributed by atoms with Gasteiger partial charge in [-0.3, -0.25) is 0 Å². The maximum absolute atomic E-state index is 5.60. The van der Waals surface area contributed by atoms with E-state index in [4.69, 9.17) is 4.74 Å². The first-order valence-electron chi connectivity index (χ1n) is 4.88. The monoisotopic (exact) mass is 196 g/mol. The van der Waals surface area contributed by atoms with Crippen molar-refractivity contribution < 1.29 is 4.74 Å². The third-order valence-corrected chi connectivity index (χ3v) is 2.34. The summed E-state index contributed by atoms with van der Waals surface area (Å²) in [5, 5.41) is 3.20. The van der Waals surface area contributed by atoms with E-state index in [0.29, 0.717) is 0 Å². The van der Waals surface area contributed by atoms with E-state index in [9.17, 15) is 0 Å². The Balaban J connectivity index is 1.75. The van der Waals surface area contributed by atoms with Crippen LogP contribution in [0.4, 0.5) is 5.95 Å². The van der Waals surface area contributed by atoms with Crippen LogP contribution in [0.25, 0.3) is 0 Å². The summed E-state index contributed by atoms with van der Waals surface area (Å²) >= 11 is 0. The highest BCUT2D eigenvalue weighted by Crippen LogP contribution is 2.04. The molecular formula is C9H16N4O. The first-order valence-corrected chi connectivity index (χ1v) is 4.88. The van der Waals surface area contributed by atoms with Gasteiger partial charge in [0.1, 0.15) is 0 Å². The average Bonchev–Trinajstić information content (AvgIpc) is 2.67. The van der Waals surface area contributed by atoms with Crippen molar-refractivity contribution in [3.63, 3.8) is 0 Å². The lowest BCUT2D eigenvalue weighted by Gasteiger charge is -2.29. The van der Waals surface area contributed by atoms with Gasteiger partial charge in [0.2, 0.25) is 0 Å². The van der Waals surface area contributed by atoms with Crippen LogP contribution >= 0.6 is 0 Å². The maximum atomic E-state index is 5.60. The lowest BCUT2D eigenvalue weighted by atomic mass is 10.3. The Kier molecular flexibility index (Phi) is 3.00. The van der Waals surface area contributed by atoms with Crippen LogP contribution in [0.15, 0.2) is 12.4 Å². The van der Waals surface area contributed by atoms with Gasteiger partial charge in [-0.2, -0.15) is 0 Å². The van der Waals surface area contributed by atoms with Crippen molar-refractivity contribution >= 4 is 5.95 Å². The molecule has 1 aliphatic heterocycles. The molecule has 1 fully saturated rings. The molecule has 0 aliphatic carbocycles. The summed E-state index contributed by atoms with van der Waals surface area (Å²) < 4.78 is 5.60. The SMILES string of the molecule is CN1CCOC(CNc2ncc[nH]2)C1. The second-order valence-corrected chi connectivity index (χ2v) is 3.57. The van der Waals surface area contributed by atoms with Gasteiger partial charge in [-0.15, -0.1) is 0 Å². The van der Waals surface area contributed by atoms with Gasteiger partial charge in [-0.05, 0) is 7.05 Å². The number of imidazole rings is 1. The molecule has 0 bridgehead atoms. The van der Waals surface area contributed by atoms with Crippen LogP contribution in [0.2, 0.25) is 0 Å². The van der Waals surface area contributed by atoms with Crippen LogP contribution in [0.1, 0.15) is 0 Å². The summed E-state index contributed by atoms with van der Waals surface area (Å²) in [4.78, 5) is 9.36. The molecule has 14 heavy (non-hydrogen) atoms. The molecule has 1 aromatic heterocycles. The predicted molar refractivity (Wildman–Crippen MR) is 54.3 cm³/mol. The van der Waals surface area contributed by atoms with Gasteiger partial charge in [-0.25, -0.2) is 4.98 Å². The van der Waals surface area contributed by atoms with Gasteiger partial charge < -0.3 is 19.9 Å². The van der Waals surface area contributed by atoms with E-state index in [1.165, 1.54) is 0 Å². The summed E-state index contributed by atoms with van der Waals surface area (Å²) in [6, 6.07) is 0. The van der Waals surface area contributed by atoms with Crippen LogP contribution in [0.5, 0.6) is 0 Å². The number of hydrogen-bond donors (Lipinski definition) is 2. The molecule has 2 rings (SSSR count). The number of hydrogen-bond acceptors (Lipinski definition) is 4. The van der Waals surface area contributed by atoms with Crippen LogP contribution < -0.4 is 5.32 Å². The van der Waals surface area contributed by atoms with Crippen molar-refractivity contribution in [2.24, 2.45) is 0 Å². The molecule has 5 nitrogen and oxygen atoms in total. The normalized spacial score (nSPS) is 23.6. The van der Waals surface area contributed by atoms with E-state index in [-0.39, 0.29) is 6.10 Å². The Labute approximate surface area is 83.5 Å². The van der Waals surface area contributed by atoms with E-state index in [1.54, 1.807) is 12.4 Å². The summed E-state index contributed by atoms with van der Waals surface area (Å²) in [7, 11) is 2.11. The molecule has 0 aromatic carbocycles. The molecule has 0 amide bonds. The zero-order valence-electron chi connectivity index (χ0n) is 8.36. The Morgan fingerprint density at radius 2 is 2.71 bits per heavy atom. The second-order valence-electron chi connectivity index (χ2n) is 3.57. The molecule has 0 spiro atoms. The van der Waals surface area contributed by atoms with Crippen molar-refractivity contribution in [3.8, 4) is 0 Å². The number of ether oxygens (including phenoxy) is 1. The maximum Gasteiger partial charge on any atom is 0.200 e. The van der Waals surface area contributed by atoms with Gasteiger partial charge in [0.15, 0.2) is 5.95 Å². The molecule has 5 heteroatoms. The quantitative estimate of drug-likeness (QED) is 0.722. The number of aromatic nitrogens is 2. The minimum atomic E-state index is 0.263. The van der Waals surface area contributed by atoms with Crippen molar-refractivity contribution in [2.45, 2.75) is 6.10 Å². The van der Waals surface area contributed by atoms with Crippen LogP contribution in [0.3, 0.4) is 0 Å². The molecule has 1 unspecified atom stereocenters. The molecule has 78 valence electrons. The van der Waals surface area contributed by atoms with Gasteiger partial charge in [0, 0.05) is 32.0 Å². The molecule has 0 radical (unpaired) electrons. The first-order chi connectivity index (χ1) is 6.84. The fourth-order valence-corrected chi connectivity index (χ4v) is 1.56. The standard InChI is InChI=1S/C9H16N4O/c1-13-4-5-14-8(7-13)6-12-9-10-2-3-11-9/h2-3,8H,4-7H2,1H3,(H2,10,11,12). The van der Waals surface area contributed by atoms with Crippen molar-refractivity contribution in [1.29, 1.82) is 0 Å². The third-order valence-electron chi connectivity index (χ3n) is 2.34. The summed E-state index contributed by atoms with van der Waals surface area (Å²) in [5.74, 6) is 0.807. The average molecular weight is 196 g/mol. The number of aromatic amines is 1. The molecule has 2 N–H and O–H groups in total. The number of nitrogens with zero attached hydrogens (tertiary/aromatic N) is 2. The van der Waals surface area contributed by atoms with E-state index in [1.807, 2.05) is 0 Å². The Morgan fingerprint density at radius 3 is 3.43 bits per heavy atom. The van der Waals surface area contributed by atoms with Gasteiger partial charge in [-0.1, -0.05) is 0 Å². The van der Waals surface area contributed by atoms with E-state index >= 15 is 0 Å². The fraction of sp³-hybridized carbons (Fsp3) is 0.667. The minimum absolute atomic E-state index is 0.263. The second kappa shape index (κ2) is 4.43. The molecule has 0 saturated carbocycles. The zero-order chi connectivity index (χ0) is 9.80. The lowest BCUT2D eigenvalue weighted by molar-refractivity contribution is -0.0117. The van der Waals surface area contributed by atoms with Crippen LogP contribution in [-0.2, 0) is 4.74 Å². The smallest absolute Gasteiger partial charge is 0.200 e. The number of rotatable bonds is 3. The first kappa shape index (κ1) is 9.48. The molecule has 2 heterocycles. The van der Waals surface area contributed by atoms with E-state index in [2.05, 4.69) is 27.2 Å². The Bertz CT molecular complexity index is 262.